The summed E-state index contributed by atoms with van der Waals surface area (Å²) in [5.74, 6) is 0.169. The van der Waals surface area contributed by atoms with Gasteiger partial charge in [0.15, 0.2) is 6.10 Å². The van der Waals surface area contributed by atoms with Gasteiger partial charge >= 0.3 is 5.63 Å². The molecule has 1 aliphatic carbocycles. The van der Waals surface area contributed by atoms with E-state index in [1.165, 1.54) is 12.5 Å². The minimum absolute atomic E-state index is 0.159. The highest BCUT2D eigenvalue weighted by atomic mass is 35.5. The molecule has 1 N–H and O–H groups in total. The van der Waals surface area contributed by atoms with Crippen molar-refractivity contribution in [2.75, 3.05) is 0 Å². The van der Waals surface area contributed by atoms with Crippen LogP contribution in [0.1, 0.15) is 44.6 Å². The monoisotopic (exact) mass is 363 g/mol. The molecule has 1 aromatic carbocycles. The van der Waals surface area contributed by atoms with Crippen molar-refractivity contribution in [1.29, 1.82) is 0 Å². The molecule has 134 valence electrons. The Hall–Kier alpha value is -2.01. The van der Waals surface area contributed by atoms with Gasteiger partial charge in [0.1, 0.15) is 11.3 Å². The lowest BCUT2D eigenvalue weighted by atomic mass is 9.95. The zero-order valence-corrected chi connectivity index (χ0v) is 15.2. The van der Waals surface area contributed by atoms with Gasteiger partial charge in [0.25, 0.3) is 5.91 Å². The first-order valence-electron chi connectivity index (χ1n) is 8.65. The third kappa shape index (κ3) is 4.15. The highest BCUT2D eigenvalue weighted by Gasteiger charge is 2.22. The van der Waals surface area contributed by atoms with E-state index in [4.69, 9.17) is 20.8 Å². The van der Waals surface area contributed by atoms with E-state index < -0.39 is 11.7 Å². The summed E-state index contributed by atoms with van der Waals surface area (Å²) in [6, 6.07) is 4.90. The smallest absolute Gasteiger partial charge is 0.336 e. The number of carbonyl (C=O) groups is 1. The van der Waals surface area contributed by atoms with Crippen LogP contribution in [-0.2, 0) is 4.79 Å². The Morgan fingerprint density at radius 1 is 1.28 bits per heavy atom. The number of hydrogen-bond donors (Lipinski definition) is 1. The van der Waals surface area contributed by atoms with Crippen LogP contribution in [0, 0.1) is 6.92 Å². The number of rotatable bonds is 4. The van der Waals surface area contributed by atoms with Crippen LogP contribution in [0.4, 0.5) is 0 Å². The van der Waals surface area contributed by atoms with Gasteiger partial charge in [-0.25, -0.2) is 4.79 Å². The van der Waals surface area contributed by atoms with Gasteiger partial charge in [-0.2, -0.15) is 0 Å². The predicted octanol–water partition coefficient (Wildman–Crippen LogP) is 3.97. The van der Waals surface area contributed by atoms with Crippen molar-refractivity contribution in [3.63, 3.8) is 0 Å². The zero-order valence-electron chi connectivity index (χ0n) is 14.4. The minimum Gasteiger partial charge on any atom is -0.479 e. The first-order chi connectivity index (χ1) is 11.9. The van der Waals surface area contributed by atoms with Crippen molar-refractivity contribution in [3.8, 4) is 5.75 Å². The van der Waals surface area contributed by atoms with E-state index >= 15 is 0 Å². The lowest BCUT2D eigenvalue weighted by Gasteiger charge is -2.24. The Morgan fingerprint density at radius 2 is 2.00 bits per heavy atom. The van der Waals surface area contributed by atoms with Crippen LogP contribution in [0.25, 0.3) is 11.0 Å². The number of ether oxygens (including phenoxy) is 1. The average molecular weight is 364 g/mol. The van der Waals surface area contributed by atoms with Crippen molar-refractivity contribution >= 4 is 28.5 Å². The molecule has 1 heterocycles. The van der Waals surface area contributed by atoms with Crippen molar-refractivity contribution in [1.82, 2.24) is 5.32 Å². The molecular formula is C19H22ClNO4. The summed E-state index contributed by atoms with van der Waals surface area (Å²) in [5, 5.41) is 4.16. The minimum atomic E-state index is -0.687. The molecule has 0 radical (unpaired) electrons. The lowest BCUT2D eigenvalue weighted by Crippen LogP contribution is -2.43. The number of carbonyl (C=O) groups excluding carboxylic acids is 1. The zero-order chi connectivity index (χ0) is 18.0. The molecule has 25 heavy (non-hydrogen) atoms. The molecule has 2 aromatic rings. The SMILES string of the molecule is Cc1cc(=O)oc2cc(OC(C)C(=O)NC3CCCCC3)c(Cl)cc12. The molecule has 5 nitrogen and oxygen atoms in total. The molecule has 0 bridgehead atoms. The van der Waals surface area contributed by atoms with Gasteiger partial charge in [0.05, 0.1) is 5.02 Å². The maximum atomic E-state index is 12.3. The fraction of sp³-hybridized carbons (Fsp3) is 0.474. The molecule has 6 heteroatoms. The van der Waals surface area contributed by atoms with Crippen LogP contribution in [0.2, 0.25) is 5.02 Å². The molecular weight excluding hydrogens is 342 g/mol. The van der Waals surface area contributed by atoms with E-state index in [9.17, 15) is 9.59 Å². The standard InChI is InChI=1S/C19H22ClNO4/c1-11-8-18(22)25-16-10-17(15(20)9-14(11)16)24-12(2)19(23)21-13-6-4-3-5-7-13/h8-10,12-13H,3-7H2,1-2H3,(H,21,23). The maximum Gasteiger partial charge on any atom is 0.336 e. The Kier molecular flexibility index (Phi) is 5.33. The maximum absolute atomic E-state index is 12.3. The highest BCUT2D eigenvalue weighted by molar-refractivity contribution is 6.32. The average Bonchev–Trinajstić information content (AvgIpc) is 2.57. The van der Waals surface area contributed by atoms with E-state index in [1.807, 2.05) is 6.92 Å². The predicted molar refractivity (Wildman–Crippen MR) is 97.3 cm³/mol. The van der Waals surface area contributed by atoms with Gasteiger partial charge in [0.2, 0.25) is 0 Å². The van der Waals surface area contributed by atoms with Crippen LogP contribution in [0.15, 0.2) is 27.4 Å². The molecule has 1 saturated carbocycles. The summed E-state index contributed by atoms with van der Waals surface area (Å²) in [6.07, 6.45) is 4.87. The van der Waals surface area contributed by atoms with Crippen molar-refractivity contribution in [3.05, 3.63) is 39.2 Å². The van der Waals surface area contributed by atoms with E-state index in [2.05, 4.69) is 5.32 Å². The number of fused-ring (bicyclic) bond motifs is 1. The van der Waals surface area contributed by atoms with Gasteiger partial charge in [0, 0.05) is 23.6 Å². The molecule has 0 spiro atoms. The number of benzene rings is 1. The number of hydrogen-bond acceptors (Lipinski definition) is 4. The molecule has 0 saturated heterocycles. The van der Waals surface area contributed by atoms with Gasteiger partial charge in [-0.05, 0) is 38.3 Å². The second kappa shape index (κ2) is 7.48. The molecule has 1 fully saturated rings. The largest absolute Gasteiger partial charge is 0.479 e. The van der Waals surface area contributed by atoms with Crippen molar-refractivity contribution in [2.45, 2.75) is 58.1 Å². The molecule has 1 unspecified atom stereocenters. The highest BCUT2D eigenvalue weighted by Crippen LogP contribution is 2.31. The van der Waals surface area contributed by atoms with Crippen LogP contribution >= 0.6 is 11.6 Å². The lowest BCUT2D eigenvalue weighted by molar-refractivity contribution is -0.128. The summed E-state index contributed by atoms with van der Waals surface area (Å²) in [4.78, 5) is 23.9. The van der Waals surface area contributed by atoms with Crippen molar-refractivity contribution < 1.29 is 13.9 Å². The molecule has 3 rings (SSSR count). The molecule has 1 amide bonds. The fourth-order valence-electron chi connectivity index (χ4n) is 3.22. The number of nitrogens with one attached hydrogen (secondary N) is 1. The molecule has 0 aliphatic heterocycles. The normalized spacial score (nSPS) is 16.6. The Labute approximate surface area is 151 Å². The second-order valence-electron chi connectivity index (χ2n) is 6.63. The first-order valence-corrected chi connectivity index (χ1v) is 9.03. The summed E-state index contributed by atoms with van der Waals surface area (Å²) >= 11 is 6.28. The first kappa shape index (κ1) is 17.8. The van der Waals surface area contributed by atoms with Crippen LogP contribution in [-0.4, -0.2) is 18.1 Å². The van der Waals surface area contributed by atoms with Gasteiger partial charge in [-0.1, -0.05) is 30.9 Å². The fourth-order valence-corrected chi connectivity index (χ4v) is 3.43. The third-order valence-electron chi connectivity index (χ3n) is 4.63. The molecule has 1 atom stereocenters. The summed E-state index contributed by atoms with van der Waals surface area (Å²) in [5.41, 5.74) is 0.744. The van der Waals surface area contributed by atoms with Gasteiger partial charge in [-0.15, -0.1) is 0 Å². The number of halogens is 1. The van der Waals surface area contributed by atoms with Crippen LogP contribution in [0.3, 0.4) is 0 Å². The Morgan fingerprint density at radius 3 is 2.72 bits per heavy atom. The van der Waals surface area contributed by atoms with E-state index in [1.54, 1.807) is 19.1 Å². The van der Waals surface area contributed by atoms with E-state index in [0.29, 0.717) is 16.4 Å². The van der Waals surface area contributed by atoms with Crippen LogP contribution in [0.5, 0.6) is 5.75 Å². The molecule has 1 aromatic heterocycles. The van der Waals surface area contributed by atoms with Crippen LogP contribution < -0.4 is 15.7 Å². The number of amides is 1. The topological polar surface area (TPSA) is 68.5 Å². The third-order valence-corrected chi connectivity index (χ3v) is 4.92. The second-order valence-corrected chi connectivity index (χ2v) is 7.04. The summed E-state index contributed by atoms with van der Waals surface area (Å²) in [6.45, 7) is 3.50. The number of aryl methyl sites for hydroxylation is 1. The van der Waals surface area contributed by atoms with E-state index in [-0.39, 0.29) is 11.9 Å². The summed E-state index contributed by atoms with van der Waals surface area (Å²) in [7, 11) is 0. The Bertz CT molecular complexity index is 839. The van der Waals surface area contributed by atoms with E-state index in [0.717, 1.165) is 36.6 Å². The van der Waals surface area contributed by atoms with Gasteiger partial charge < -0.3 is 14.5 Å². The van der Waals surface area contributed by atoms with Crippen molar-refractivity contribution in [2.24, 2.45) is 0 Å². The molecule has 1 aliphatic rings. The quantitative estimate of drug-likeness (QED) is 0.834. The summed E-state index contributed by atoms with van der Waals surface area (Å²) < 4.78 is 10.9. The Balaban J connectivity index is 1.76. The van der Waals surface area contributed by atoms with Gasteiger partial charge in [-0.3, -0.25) is 4.79 Å².